The summed E-state index contributed by atoms with van der Waals surface area (Å²) < 4.78 is 21.5. The predicted octanol–water partition coefficient (Wildman–Crippen LogP) is 4.75. The van der Waals surface area contributed by atoms with Gasteiger partial charge in [-0.05, 0) is 38.1 Å². The lowest BCUT2D eigenvalue weighted by Gasteiger charge is -2.07. The first-order valence-electron chi connectivity index (χ1n) is 7.70. The number of hydrogen-bond donors (Lipinski definition) is 0. The summed E-state index contributed by atoms with van der Waals surface area (Å²) in [6.45, 7) is 3.43. The molecule has 0 aliphatic heterocycles. The number of rotatable bonds is 4. The molecular formula is C19H16BrFN2O2. The molecule has 0 saturated carbocycles. The Bertz CT molecular complexity index is 923. The second-order valence-corrected chi connectivity index (χ2v) is 6.52. The summed E-state index contributed by atoms with van der Waals surface area (Å²) in [5.74, 6) is -0.935. The molecule has 0 atom stereocenters. The first-order chi connectivity index (χ1) is 12.0. The molecule has 0 aliphatic carbocycles. The van der Waals surface area contributed by atoms with Gasteiger partial charge in [-0.15, -0.1) is 0 Å². The van der Waals surface area contributed by atoms with Gasteiger partial charge in [0.2, 0.25) is 0 Å². The molecule has 4 nitrogen and oxygen atoms in total. The summed E-state index contributed by atoms with van der Waals surface area (Å²) in [6, 6.07) is 14.2. The first kappa shape index (κ1) is 17.4. The minimum Gasteiger partial charge on any atom is -0.457 e. The van der Waals surface area contributed by atoms with Crippen molar-refractivity contribution in [3.05, 3.63) is 81.3 Å². The van der Waals surface area contributed by atoms with Crippen molar-refractivity contribution in [2.24, 2.45) is 0 Å². The zero-order chi connectivity index (χ0) is 18.0. The maximum atomic E-state index is 13.8. The average molecular weight is 403 g/mol. The molecule has 0 unspecified atom stereocenters. The van der Waals surface area contributed by atoms with Gasteiger partial charge < -0.3 is 4.74 Å². The Morgan fingerprint density at radius 3 is 2.60 bits per heavy atom. The largest absolute Gasteiger partial charge is 0.457 e. The second kappa shape index (κ2) is 7.19. The van der Waals surface area contributed by atoms with Gasteiger partial charge in [0.15, 0.2) is 0 Å². The number of esters is 1. The topological polar surface area (TPSA) is 44.1 Å². The molecule has 1 aromatic heterocycles. The van der Waals surface area contributed by atoms with Crippen LogP contribution in [0.25, 0.3) is 5.69 Å². The van der Waals surface area contributed by atoms with Gasteiger partial charge in [0.05, 0.1) is 17.1 Å². The van der Waals surface area contributed by atoms with Crippen molar-refractivity contribution in [2.75, 3.05) is 0 Å². The molecule has 0 amide bonds. The number of hydrogen-bond acceptors (Lipinski definition) is 3. The quantitative estimate of drug-likeness (QED) is 0.591. The monoisotopic (exact) mass is 402 g/mol. The van der Waals surface area contributed by atoms with Crippen molar-refractivity contribution < 1.29 is 13.9 Å². The molecule has 2 aromatic carbocycles. The van der Waals surface area contributed by atoms with Crippen LogP contribution in [0.5, 0.6) is 0 Å². The predicted molar refractivity (Wildman–Crippen MR) is 96.3 cm³/mol. The van der Waals surface area contributed by atoms with E-state index in [1.54, 1.807) is 23.7 Å². The third-order valence-corrected chi connectivity index (χ3v) is 4.36. The first-order valence-corrected chi connectivity index (χ1v) is 8.49. The van der Waals surface area contributed by atoms with Crippen LogP contribution < -0.4 is 0 Å². The number of aromatic nitrogens is 2. The zero-order valence-electron chi connectivity index (χ0n) is 13.8. The summed E-state index contributed by atoms with van der Waals surface area (Å²) in [4.78, 5) is 12.5. The fraction of sp³-hybridized carbons (Fsp3) is 0.158. The fourth-order valence-corrected chi connectivity index (χ4v) is 2.95. The molecule has 3 aromatic rings. The molecule has 0 N–H and O–H groups in total. The molecule has 6 heteroatoms. The smallest absolute Gasteiger partial charge is 0.342 e. The van der Waals surface area contributed by atoms with Crippen LogP contribution in [-0.4, -0.2) is 15.7 Å². The number of benzene rings is 2. The van der Waals surface area contributed by atoms with E-state index in [0.29, 0.717) is 27.0 Å². The minimum absolute atomic E-state index is 0.132. The highest BCUT2D eigenvalue weighted by Crippen LogP contribution is 2.20. The van der Waals surface area contributed by atoms with Gasteiger partial charge in [-0.25, -0.2) is 13.9 Å². The van der Waals surface area contributed by atoms with Crippen molar-refractivity contribution >= 4 is 21.9 Å². The molecule has 25 heavy (non-hydrogen) atoms. The highest BCUT2D eigenvalue weighted by molar-refractivity contribution is 9.10. The lowest BCUT2D eigenvalue weighted by Crippen LogP contribution is -2.09. The molecular weight excluding hydrogens is 387 g/mol. The number of carbonyl (C=O) groups excluding carboxylic acids is 1. The van der Waals surface area contributed by atoms with E-state index in [-0.39, 0.29) is 6.61 Å². The number of carbonyl (C=O) groups is 1. The Labute approximate surface area is 153 Å². The molecule has 1 heterocycles. The fourth-order valence-electron chi connectivity index (χ4n) is 2.61. The Hall–Kier alpha value is -2.47. The number of halogens is 2. The van der Waals surface area contributed by atoms with Gasteiger partial charge >= 0.3 is 5.97 Å². The number of ether oxygens (including phenoxy) is 1. The minimum atomic E-state index is -0.514. The maximum Gasteiger partial charge on any atom is 0.342 e. The average Bonchev–Trinajstić information content (AvgIpc) is 2.89. The Morgan fingerprint density at radius 1 is 1.20 bits per heavy atom. The van der Waals surface area contributed by atoms with Gasteiger partial charge in [0.1, 0.15) is 18.0 Å². The third-order valence-electron chi connectivity index (χ3n) is 3.87. The Balaban J connectivity index is 1.82. The van der Waals surface area contributed by atoms with Crippen molar-refractivity contribution in [1.29, 1.82) is 0 Å². The SMILES string of the molecule is Cc1nn(-c2ccccc2)c(C)c1C(=O)OCc1ccc(Br)cc1F. The van der Waals surface area contributed by atoms with Crippen molar-refractivity contribution in [3.63, 3.8) is 0 Å². The summed E-state index contributed by atoms with van der Waals surface area (Å²) >= 11 is 3.20. The van der Waals surface area contributed by atoms with Gasteiger partial charge in [-0.3, -0.25) is 0 Å². The van der Waals surface area contributed by atoms with E-state index in [1.807, 2.05) is 37.3 Å². The van der Waals surface area contributed by atoms with E-state index in [0.717, 1.165) is 5.69 Å². The number of nitrogens with zero attached hydrogens (tertiary/aromatic N) is 2. The van der Waals surface area contributed by atoms with Gasteiger partial charge in [0, 0.05) is 10.0 Å². The van der Waals surface area contributed by atoms with Gasteiger partial charge in [0.25, 0.3) is 0 Å². The Morgan fingerprint density at radius 2 is 1.92 bits per heavy atom. The molecule has 128 valence electrons. The lowest BCUT2D eigenvalue weighted by atomic mass is 10.2. The van der Waals surface area contributed by atoms with E-state index < -0.39 is 11.8 Å². The number of aryl methyl sites for hydroxylation is 1. The standard InChI is InChI=1S/C19H16BrFN2O2/c1-12-18(13(2)23(22-12)16-6-4-3-5-7-16)19(24)25-11-14-8-9-15(20)10-17(14)21/h3-10H,11H2,1-2H3. The van der Waals surface area contributed by atoms with Crippen LogP contribution in [0.1, 0.15) is 27.3 Å². The molecule has 0 bridgehead atoms. The lowest BCUT2D eigenvalue weighted by molar-refractivity contribution is 0.0467. The van der Waals surface area contributed by atoms with Crippen LogP contribution in [-0.2, 0) is 11.3 Å². The number of para-hydroxylation sites is 1. The summed E-state index contributed by atoms with van der Waals surface area (Å²) in [7, 11) is 0. The van der Waals surface area contributed by atoms with Crippen LogP contribution >= 0.6 is 15.9 Å². The Kier molecular flexibility index (Phi) is 4.99. The molecule has 0 aliphatic rings. The van der Waals surface area contributed by atoms with E-state index in [9.17, 15) is 9.18 Å². The van der Waals surface area contributed by atoms with Gasteiger partial charge in [-0.1, -0.05) is 40.2 Å². The second-order valence-electron chi connectivity index (χ2n) is 5.61. The summed E-state index contributed by atoms with van der Waals surface area (Å²) in [6.07, 6.45) is 0. The highest BCUT2D eigenvalue weighted by Gasteiger charge is 2.21. The normalized spacial score (nSPS) is 10.7. The highest BCUT2D eigenvalue weighted by atomic mass is 79.9. The van der Waals surface area contributed by atoms with Crippen molar-refractivity contribution in [1.82, 2.24) is 9.78 Å². The molecule has 0 fully saturated rings. The molecule has 3 rings (SSSR count). The van der Waals surface area contributed by atoms with Crippen molar-refractivity contribution in [3.8, 4) is 5.69 Å². The molecule has 0 spiro atoms. The van der Waals surface area contributed by atoms with Crippen LogP contribution in [0.15, 0.2) is 53.0 Å². The van der Waals surface area contributed by atoms with Crippen LogP contribution in [0, 0.1) is 19.7 Å². The third kappa shape index (κ3) is 3.64. The van der Waals surface area contributed by atoms with E-state index in [1.165, 1.54) is 6.07 Å². The maximum absolute atomic E-state index is 13.8. The summed E-state index contributed by atoms with van der Waals surface area (Å²) in [5.41, 5.74) is 2.84. The molecule has 0 radical (unpaired) electrons. The van der Waals surface area contributed by atoms with Crippen molar-refractivity contribution in [2.45, 2.75) is 20.5 Å². The van der Waals surface area contributed by atoms with E-state index in [2.05, 4.69) is 21.0 Å². The van der Waals surface area contributed by atoms with Crippen LogP contribution in [0.3, 0.4) is 0 Å². The van der Waals surface area contributed by atoms with Gasteiger partial charge in [-0.2, -0.15) is 5.10 Å². The zero-order valence-corrected chi connectivity index (χ0v) is 15.4. The summed E-state index contributed by atoms with van der Waals surface area (Å²) in [5, 5.41) is 4.42. The molecule has 0 saturated heterocycles. The van der Waals surface area contributed by atoms with E-state index in [4.69, 9.17) is 4.74 Å². The van der Waals surface area contributed by atoms with E-state index >= 15 is 0 Å². The van der Waals surface area contributed by atoms with Crippen LogP contribution in [0.4, 0.5) is 4.39 Å². The van der Waals surface area contributed by atoms with Crippen LogP contribution in [0.2, 0.25) is 0 Å².